The van der Waals surface area contributed by atoms with E-state index in [1.165, 1.54) is 0 Å². The molecule has 1 aromatic rings. The van der Waals surface area contributed by atoms with E-state index in [9.17, 15) is 10.2 Å². The van der Waals surface area contributed by atoms with Gasteiger partial charge in [-0.05, 0) is 12.0 Å². The van der Waals surface area contributed by atoms with Gasteiger partial charge in [0.2, 0.25) is 0 Å². The van der Waals surface area contributed by atoms with Crippen LogP contribution in [0.15, 0.2) is 18.5 Å². The van der Waals surface area contributed by atoms with E-state index < -0.39 is 6.10 Å². The first kappa shape index (κ1) is 13.2. The molecule has 1 heterocycles. The van der Waals surface area contributed by atoms with Gasteiger partial charge < -0.3 is 15.5 Å². The second-order valence-electron chi connectivity index (χ2n) is 4.35. The van der Waals surface area contributed by atoms with Crippen LogP contribution in [0.1, 0.15) is 13.8 Å². The van der Waals surface area contributed by atoms with Crippen LogP contribution < -0.4 is 5.32 Å². The third-order valence-corrected chi connectivity index (χ3v) is 2.46. The SMILES string of the molecule is CC(C)C(O)CNCC(O)Cn1cccn1. The molecule has 2 atom stereocenters. The zero-order valence-corrected chi connectivity index (χ0v) is 9.87. The van der Waals surface area contributed by atoms with Gasteiger partial charge in [-0.2, -0.15) is 5.10 Å². The molecule has 5 nitrogen and oxygen atoms in total. The highest BCUT2D eigenvalue weighted by molar-refractivity contribution is 4.78. The lowest BCUT2D eigenvalue weighted by atomic mass is 10.1. The zero-order valence-electron chi connectivity index (χ0n) is 9.87. The number of aliphatic hydroxyl groups is 2. The summed E-state index contributed by atoms with van der Waals surface area (Å²) in [5.41, 5.74) is 0. The van der Waals surface area contributed by atoms with E-state index >= 15 is 0 Å². The van der Waals surface area contributed by atoms with Gasteiger partial charge in [0.05, 0.1) is 18.8 Å². The Balaban J connectivity index is 2.13. The topological polar surface area (TPSA) is 70.3 Å². The molecule has 1 rings (SSSR count). The molecule has 92 valence electrons. The summed E-state index contributed by atoms with van der Waals surface area (Å²) in [5, 5.41) is 26.2. The van der Waals surface area contributed by atoms with Crippen molar-refractivity contribution in [3.63, 3.8) is 0 Å². The molecule has 0 radical (unpaired) electrons. The van der Waals surface area contributed by atoms with E-state index in [-0.39, 0.29) is 12.0 Å². The van der Waals surface area contributed by atoms with Crippen molar-refractivity contribution in [2.75, 3.05) is 13.1 Å². The van der Waals surface area contributed by atoms with Gasteiger partial charge >= 0.3 is 0 Å². The van der Waals surface area contributed by atoms with E-state index in [1.807, 2.05) is 26.1 Å². The number of nitrogens with one attached hydrogen (secondary N) is 1. The second kappa shape index (κ2) is 6.62. The number of hydrogen-bond acceptors (Lipinski definition) is 4. The summed E-state index contributed by atoms with van der Waals surface area (Å²) >= 11 is 0. The molecule has 16 heavy (non-hydrogen) atoms. The van der Waals surface area contributed by atoms with Crippen molar-refractivity contribution >= 4 is 0 Å². The van der Waals surface area contributed by atoms with Gasteiger partial charge in [-0.15, -0.1) is 0 Å². The van der Waals surface area contributed by atoms with Crippen LogP contribution in [0.25, 0.3) is 0 Å². The predicted octanol–water partition coefficient (Wildman–Crippen LogP) is -0.150. The van der Waals surface area contributed by atoms with Crippen molar-refractivity contribution in [1.29, 1.82) is 0 Å². The highest BCUT2D eigenvalue weighted by Gasteiger charge is 2.10. The van der Waals surface area contributed by atoms with Crippen LogP contribution in [-0.4, -0.2) is 45.3 Å². The van der Waals surface area contributed by atoms with Crippen molar-refractivity contribution in [1.82, 2.24) is 15.1 Å². The van der Waals surface area contributed by atoms with Crippen molar-refractivity contribution < 1.29 is 10.2 Å². The summed E-state index contributed by atoms with van der Waals surface area (Å²) in [4.78, 5) is 0. The molecule has 3 N–H and O–H groups in total. The smallest absolute Gasteiger partial charge is 0.0860 e. The normalized spacial score (nSPS) is 15.3. The molecule has 1 aromatic heterocycles. The Morgan fingerprint density at radius 3 is 2.62 bits per heavy atom. The summed E-state index contributed by atoms with van der Waals surface area (Å²) in [5.74, 6) is 0.232. The van der Waals surface area contributed by atoms with Crippen molar-refractivity contribution in [3.8, 4) is 0 Å². The van der Waals surface area contributed by atoms with Crippen LogP contribution in [0.5, 0.6) is 0 Å². The average Bonchev–Trinajstić information content (AvgIpc) is 2.70. The number of rotatable bonds is 7. The first-order chi connectivity index (χ1) is 7.59. The van der Waals surface area contributed by atoms with E-state index in [0.717, 1.165) is 0 Å². The van der Waals surface area contributed by atoms with Crippen LogP contribution in [0.3, 0.4) is 0 Å². The van der Waals surface area contributed by atoms with Gasteiger partial charge in [-0.3, -0.25) is 4.68 Å². The standard InChI is InChI=1S/C11H21N3O2/c1-9(2)11(16)7-12-6-10(15)8-14-5-3-4-13-14/h3-5,9-12,15-16H,6-8H2,1-2H3. The highest BCUT2D eigenvalue weighted by Crippen LogP contribution is 1.98. The predicted molar refractivity (Wildman–Crippen MR) is 61.9 cm³/mol. The Hall–Kier alpha value is -0.910. The van der Waals surface area contributed by atoms with Gasteiger partial charge in [0.25, 0.3) is 0 Å². The molecule has 0 spiro atoms. The lowest BCUT2D eigenvalue weighted by Crippen LogP contribution is -2.36. The van der Waals surface area contributed by atoms with E-state index in [1.54, 1.807) is 10.9 Å². The minimum absolute atomic E-state index is 0.232. The van der Waals surface area contributed by atoms with Gasteiger partial charge in [0.1, 0.15) is 0 Å². The highest BCUT2D eigenvalue weighted by atomic mass is 16.3. The first-order valence-corrected chi connectivity index (χ1v) is 5.64. The minimum Gasteiger partial charge on any atom is -0.392 e. The van der Waals surface area contributed by atoms with Gasteiger partial charge in [-0.1, -0.05) is 13.8 Å². The molecule has 0 aliphatic heterocycles. The molecule has 0 aliphatic carbocycles. The molecule has 0 saturated carbocycles. The Morgan fingerprint density at radius 1 is 1.31 bits per heavy atom. The third-order valence-electron chi connectivity index (χ3n) is 2.46. The maximum absolute atomic E-state index is 9.67. The van der Waals surface area contributed by atoms with Crippen LogP contribution in [-0.2, 0) is 6.54 Å². The summed E-state index contributed by atoms with van der Waals surface area (Å²) in [6, 6.07) is 1.82. The molecular formula is C11H21N3O2. The fourth-order valence-corrected chi connectivity index (χ4v) is 1.32. The van der Waals surface area contributed by atoms with Crippen LogP contribution in [0, 0.1) is 5.92 Å². The van der Waals surface area contributed by atoms with E-state index in [4.69, 9.17) is 0 Å². The average molecular weight is 227 g/mol. The lowest BCUT2D eigenvalue weighted by molar-refractivity contribution is 0.108. The van der Waals surface area contributed by atoms with Gasteiger partial charge in [-0.25, -0.2) is 0 Å². The zero-order chi connectivity index (χ0) is 12.0. The summed E-state index contributed by atoms with van der Waals surface area (Å²) in [7, 11) is 0. The quantitative estimate of drug-likeness (QED) is 0.606. The Bertz CT molecular complexity index is 275. The number of nitrogens with zero attached hydrogens (tertiary/aromatic N) is 2. The lowest BCUT2D eigenvalue weighted by Gasteiger charge is -2.17. The summed E-state index contributed by atoms with van der Waals surface area (Å²) in [6.45, 7) is 5.37. The number of hydrogen-bond donors (Lipinski definition) is 3. The Labute approximate surface area is 96.1 Å². The van der Waals surface area contributed by atoms with Crippen LogP contribution in [0.4, 0.5) is 0 Å². The number of aliphatic hydroxyl groups excluding tert-OH is 2. The Morgan fingerprint density at radius 2 is 2.06 bits per heavy atom. The minimum atomic E-state index is -0.487. The monoisotopic (exact) mass is 227 g/mol. The van der Waals surface area contributed by atoms with Crippen molar-refractivity contribution in [2.24, 2.45) is 5.92 Å². The third kappa shape index (κ3) is 4.74. The van der Waals surface area contributed by atoms with E-state index in [2.05, 4.69) is 10.4 Å². The molecule has 2 unspecified atom stereocenters. The fourth-order valence-electron chi connectivity index (χ4n) is 1.32. The molecular weight excluding hydrogens is 206 g/mol. The maximum atomic E-state index is 9.67. The summed E-state index contributed by atoms with van der Waals surface area (Å²) in [6.07, 6.45) is 2.64. The molecule has 0 saturated heterocycles. The molecule has 5 heteroatoms. The van der Waals surface area contributed by atoms with E-state index in [0.29, 0.717) is 19.6 Å². The second-order valence-corrected chi connectivity index (χ2v) is 4.35. The molecule has 0 amide bonds. The summed E-state index contributed by atoms with van der Waals surface area (Å²) < 4.78 is 1.69. The van der Waals surface area contributed by atoms with Gasteiger partial charge in [0, 0.05) is 25.5 Å². The first-order valence-electron chi connectivity index (χ1n) is 5.64. The van der Waals surface area contributed by atoms with Crippen molar-refractivity contribution in [3.05, 3.63) is 18.5 Å². The number of aromatic nitrogens is 2. The Kier molecular flexibility index (Phi) is 5.45. The molecule has 0 bridgehead atoms. The van der Waals surface area contributed by atoms with Crippen molar-refractivity contribution in [2.45, 2.75) is 32.6 Å². The molecule has 0 aromatic carbocycles. The van der Waals surface area contributed by atoms with Gasteiger partial charge in [0.15, 0.2) is 0 Å². The molecule has 0 fully saturated rings. The van der Waals surface area contributed by atoms with Crippen LogP contribution in [0.2, 0.25) is 0 Å². The largest absolute Gasteiger partial charge is 0.392 e. The molecule has 0 aliphatic rings. The maximum Gasteiger partial charge on any atom is 0.0860 e. The van der Waals surface area contributed by atoms with Crippen LogP contribution >= 0.6 is 0 Å². The fraction of sp³-hybridized carbons (Fsp3) is 0.727.